The summed E-state index contributed by atoms with van der Waals surface area (Å²) in [7, 11) is 0. The van der Waals surface area contributed by atoms with E-state index >= 15 is 0 Å². The predicted octanol–water partition coefficient (Wildman–Crippen LogP) is 5.87. The lowest BCUT2D eigenvalue weighted by Gasteiger charge is -2.19. The van der Waals surface area contributed by atoms with Gasteiger partial charge in [-0.3, -0.25) is 0 Å². The molecule has 0 fully saturated rings. The number of hydrogen-bond acceptors (Lipinski definition) is 7. The molecule has 0 aromatic rings. The second-order valence-electron chi connectivity index (χ2n) is 6.74. The van der Waals surface area contributed by atoms with Crippen LogP contribution < -0.4 is 0 Å². The number of carbonyl (C=O) groups excluding carboxylic acids is 1. The van der Waals surface area contributed by atoms with Gasteiger partial charge in [-0.2, -0.15) is 5.26 Å². The number of ether oxygens (including phenoxy) is 1. The topological polar surface area (TPSA) is 70.3 Å². The van der Waals surface area contributed by atoms with Crippen LogP contribution in [-0.2, 0) is 9.53 Å². The Kier molecular flexibility index (Phi) is 17.6. The van der Waals surface area contributed by atoms with Crippen LogP contribution in [0.4, 0.5) is 0 Å². The van der Waals surface area contributed by atoms with Crippen LogP contribution in [0.25, 0.3) is 0 Å². The fourth-order valence-electron chi connectivity index (χ4n) is 2.42. The summed E-state index contributed by atoms with van der Waals surface area (Å²) < 4.78 is 4.32. The molecule has 0 saturated heterocycles. The van der Waals surface area contributed by atoms with Gasteiger partial charge in [-0.25, -0.2) is 4.79 Å². The second-order valence-corrected chi connectivity index (χ2v) is 10.5. The van der Waals surface area contributed by atoms with Crippen molar-refractivity contribution in [2.45, 2.75) is 89.2 Å². The van der Waals surface area contributed by atoms with Crippen LogP contribution in [0.3, 0.4) is 0 Å². The van der Waals surface area contributed by atoms with Gasteiger partial charge in [-0.05, 0) is 19.1 Å². The largest absolute Gasteiger partial charge is 0.464 e. The molecule has 27 heavy (non-hydrogen) atoms. The van der Waals surface area contributed by atoms with E-state index in [1.54, 1.807) is 0 Å². The lowest BCUT2D eigenvalue weighted by Crippen LogP contribution is -2.33. The SMILES string of the molecule is CCCCCCCCCCCCSC(=S)SC(C)(C#N)C(=O)OCCCO. The summed E-state index contributed by atoms with van der Waals surface area (Å²) in [5, 5.41) is 18.1. The fraction of sp³-hybridized carbons (Fsp3) is 0.850. The van der Waals surface area contributed by atoms with Crippen molar-refractivity contribution < 1.29 is 14.6 Å². The van der Waals surface area contributed by atoms with Crippen LogP contribution in [-0.4, -0.2) is 38.3 Å². The van der Waals surface area contributed by atoms with Gasteiger partial charge in [0.25, 0.3) is 0 Å². The first kappa shape index (κ1) is 26.7. The zero-order valence-corrected chi connectivity index (χ0v) is 19.3. The highest BCUT2D eigenvalue weighted by atomic mass is 32.2. The predicted molar refractivity (Wildman–Crippen MR) is 121 cm³/mol. The third kappa shape index (κ3) is 14.4. The first-order chi connectivity index (χ1) is 13.0. The summed E-state index contributed by atoms with van der Waals surface area (Å²) in [4.78, 5) is 12.0. The Morgan fingerprint density at radius 1 is 1.07 bits per heavy atom. The van der Waals surface area contributed by atoms with Gasteiger partial charge in [0.05, 0.1) is 12.7 Å². The van der Waals surface area contributed by atoms with E-state index in [9.17, 15) is 10.1 Å². The molecule has 156 valence electrons. The van der Waals surface area contributed by atoms with Crippen molar-refractivity contribution >= 4 is 45.2 Å². The summed E-state index contributed by atoms with van der Waals surface area (Å²) in [5.74, 6) is 0.328. The van der Waals surface area contributed by atoms with E-state index in [0.717, 1.165) is 23.9 Å². The van der Waals surface area contributed by atoms with Crippen molar-refractivity contribution in [2.24, 2.45) is 0 Å². The van der Waals surface area contributed by atoms with Gasteiger partial charge in [-0.1, -0.05) is 88.7 Å². The summed E-state index contributed by atoms with van der Waals surface area (Å²) in [5.41, 5.74) is 0. The minimum atomic E-state index is -1.32. The van der Waals surface area contributed by atoms with Crippen molar-refractivity contribution in [3.63, 3.8) is 0 Å². The molecule has 0 amide bonds. The van der Waals surface area contributed by atoms with Crippen molar-refractivity contribution in [3.05, 3.63) is 0 Å². The second kappa shape index (κ2) is 17.8. The highest BCUT2D eigenvalue weighted by Gasteiger charge is 2.37. The zero-order chi connectivity index (χ0) is 20.4. The van der Waals surface area contributed by atoms with Gasteiger partial charge in [0, 0.05) is 13.0 Å². The summed E-state index contributed by atoms with van der Waals surface area (Å²) >= 11 is 7.95. The summed E-state index contributed by atoms with van der Waals surface area (Å²) in [6.45, 7) is 3.85. The van der Waals surface area contributed by atoms with Gasteiger partial charge in [-0.15, -0.1) is 11.8 Å². The maximum absolute atomic E-state index is 12.0. The molecule has 0 spiro atoms. The third-order valence-electron chi connectivity index (χ3n) is 4.14. The van der Waals surface area contributed by atoms with E-state index in [0.29, 0.717) is 9.95 Å². The maximum Gasteiger partial charge on any atom is 0.336 e. The molecule has 0 bridgehead atoms. The molecule has 1 atom stereocenters. The molecular formula is C20H35NO3S3. The highest BCUT2D eigenvalue weighted by molar-refractivity contribution is 8.47. The molecule has 1 unspecified atom stereocenters. The smallest absolute Gasteiger partial charge is 0.336 e. The molecular weight excluding hydrogens is 398 g/mol. The van der Waals surface area contributed by atoms with Crippen LogP contribution >= 0.6 is 35.7 Å². The summed E-state index contributed by atoms with van der Waals surface area (Å²) in [6.07, 6.45) is 13.4. The van der Waals surface area contributed by atoms with Crippen molar-refractivity contribution in [1.29, 1.82) is 5.26 Å². The number of thioether (sulfide) groups is 2. The lowest BCUT2D eigenvalue weighted by molar-refractivity contribution is -0.144. The van der Waals surface area contributed by atoms with Crippen molar-refractivity contribution in [1.82, 2.24) is 0 Å². The standard InChI is InChI=1S/C20H35NO3S3/c1-3-4-5-6-7-8-9-10-11-12-16-26-19(25)27-20(2,17-21)18(23)24-15-13-14-22/h22H,3-16H2,1-2H3. The molecule has 0 saturated carbocycles. The Hall–Kier alpha value is -0.290. The van der Waals surface area contributed by atoms with E-state index in [1.165, 1.54) is 76.5 Å². The molecule has 0 aliphatic carbocycles. The number of nitrogens with zero attached hydrogens (tertiary/aromatic N) is 1. The van der Waals surface area contributed by atoms with Gasteiger partial charge < -0.3 is 9.84 Å². The van der Waals surface area contributed by atoms with Gasteiger partial charge in [0.15, 0.2) is 0 Å². The Balaban J connectivity index is 3.79. The Morgan fingerprint density at radius 3 is 2.15 bits per heavy atom. The maximum atomic E-state index is 12.0. The lowest BCUT2D eigenvalue weighted by atomic mass is 10.1. The third-order valence-corrected chi connectivity index (χ3v) is 6.91. The first-order valence-electron chi connectivity index (χ1n) is 10.0. The van der Waals surface area contributed by atoms with Gasteiger partial charge in [0.2, 0.25) is 4.75 Å². The molecule has 7 heteroatoms. The van der Waals surface area contributed by atoms with Crippen LogP contribution in [0.2, 0.25) is 0 Å². The van der Waals surface area contributed by atoms with Crippen LogP contribution in [0, 0.1) is 11.3 Å². The minimum absolute atomic E-state index is 0.0448. The normalized spacial score (nSPS) is 13.0. The number of aliphatic hydroxyl groups excluding tert-OH is 1. The first-order valence-corrected chi connectivity index (χ1v) is 12.3. The highest BCUT2D eigenvalue weighted by Crippen LogP contribution is 2.32. The molecule has 0 heterocycles. The van der Waals surface area contributed by atoms with Gasteiger partial charge in [0.1, 0.15) is 3.53 Å². The van der Waals surface area contributed by atoms with Crippen LogP contribution in [0.5, 0.6) is 0 Å². The molecule has 0 radical (unpaired) electrons. The van der Waals surface area contributed by atoms with Crippen LogP contribution in [0.15, 0.2) is 0 Å². The molecule has 1 N–H and O–H groups in total. The quantitative estimate of drug-likeness (QED) is 0.185. The van der Waals surface area contributed by atoms with E-state index in [2.05, 4.69) is 6.92 Å². The van der Waals surface area contributed by atoms with E-state index in [4.69, 9.17) is 22.1 Å². The monoisotopic (exact) mass is 433 g/mol. The number of esters is 1. The molecule has 0 rings (SSSR count). The average Bonchev–Trinajstić information content (AvgIpc) is 2.66. The van der Waals surface area contributed by atoms with Crippen molar-refractivity contribution in [3.8, 4) is 6.07 Å². The van der Waals surface area contributed by atoms with Gasteiger partial charge >= 0.3 is 5.97 Å². The number of hydrogen-bond donors (Lipinski definition) is 1. The summed E-state index contributed by atoms with van der Waals surface area (Å²) in [6, 6.07) is 2.00. The minimum Gasteiger partial charge on any atom is -0.464 e. The number of rotatable bonds is 16. The average molecular weight is 434 g/mol. The number of nitriles is 1. The fourth-order valence-corrected chi connectivity index (χ4v) is 5.19. The number of unbranched alkanes of at least 4 members (excludes halogenated alkanes) is 9. The van der Waals surface area contributed by atoms with E-state index in [-0.39, 0.29) is 13.2 Å². The van der Waals surface area contributed by atoms with Crippen LogP contribution in [0.1, 0.15) is 84.5 Å². The molecule has 0 aliphatic rings. The molecule has 4 nitrogen and oxygen atoms in total. The zero-order valence-electron chi connectivity index (χ0n) is 16.8. The van der Waals surface area contributed by atoms with Crippen molar-refractivity contribution in [2.75, 3.05) is 19.0 Å². The molecule has 0 aromatic heterocycles. The Morgan fingerprint density at radius 2 is 1.63 bits per heavy atom. The number of aliphatic hydroxyl groups is 1. The molecule has 0 aromatic carbocycles. The van der Waals surface area contributed by atoms with E-state index in [1.807, 2.05) is 6.07 Å². The van der Waals surface area contributed by atoms with E-state index < -0.39 is 10.7 Å². The number of thiocarbonyl (C=S) groups is 1. The Labute approximate surface area is 179 Å². The molecule has 0 aliphatic heterocycles. The number of carbonyl (C=O) groups is 1. The Bertz CT molecular complexity index is 454.